The zero-order chi connectivity index (χ0) is 28.4. The molecule has 0 radical (unpaired) electrons. The summed E-state index contributed by atoms with van der Waals surface area (Å²) in [5.74, 6) is -0.475. The van der Waals surface area contributed by atoms with Crippen molar-refractivity contribution in [2.75, 3.05) is 18.2 Å². The summed E-state index contributed by atoms with van der Waals surface area (Å²) in [5.41, 5.74) is 1.51. The molecule has 1 aromatic heterocycles. The monoisotopic (exact) mass is 550 g/mol. The van der Waals surface area contributed by atoms with Gasteiger partial charge in [-0.25, -0.2) is 4.39 Å². The summed E-state index contributed by atoms with van der Waals surface area (Å²) in [6.45, 7) is 2.85. The van der Waals surface area contributed by atoms with Crippen LogP contribution in [0.15, 0.2) is 108 Å². The zero-order valence-corrected chi connectivity index (χ0v) is 22.8. The van der Waals surface area contributed by atoms with Crippen LogP contribution in [0.4, 0.5) is 4.39 Å². The van der Waals surface area contributed by atoms with Crippen LogP contribution >= 0.6 is 0 Å². The summed E-state index contributed by atoms with van der Waals surface area (Å²) in [6, 6.07) is 25.4. The number of rotatable bonds is 4. The van der Waals surface area contributed by atoms with E-state index in [1.165, 1.54) is 18.2 Å². The van der Waals surface area contributed by atoms with Crippen molar-refractivity contribution < 1.29 is 18.7 Å². The van der Waals surface area contributed by atoms with Gasteiger partial charge in [-0.05, 0) is 43.0 Å². The highest BCUT2D eigenvalue weighted by atomic mass is 19.1. The molecule has 0 fully saturated rings. The minimum Gasteiger partial charge on any atom is -0.489 e. The summed E-state index contributed by atoms with van der Waals surface area (Å²) in [7, 11) is 0. The summed E-state index contributed by atoms with van der Waals surface area (Å²) in [5, 5.41) is 2.09. The Hall–Kier alpha value is -4.65. The molecule has 7 heteroatoms. The summed E-state index contributed by atoms with van der Waals surface area (Å²) >= 11 is 0. The zero-order valence-electron chi connectivity index (χ0n) is 22.8. The Balaban J connectivity index is 1.58. The number of pyridine rings is 1. The number of benzene rings is 3. The second-order valence-electron chi connectivity index (χ2n) is 10.6. The third kappa shape index (κ3) is 4.92. The Morgan fingerprint density at radius 1 is 0.976 bits per heavy atom. The number of ether oxygens (including phenoxy) is 2. The molecule has 41 heavy (non-hydrogen) atoms. The normalized spacial score (nSPS) is 21.0. The van der Waals surface area contributed by atoms with Crippen molar-refractivity contribution in [2.45, 2.75) is 31.9 Å². The van der Waals surface area contributed by atoms with E-state index in [1.54, 1.807) is 16.9 Å². The largest absolute Gasteiger partial charge is 0.489 e. The quantitative estimate of drug-likeness (QED) is 0.291. The van der Waals surface area contributed by atoms with E-state index < -0.39 is 17.3 Å². The average Bonchev–Trinajstić information content (AvgIpc) is 2.99. The predicted octanol–water partition coefficient (Wildman–Crippen LogP) is 6.01. The van der Waals surface area contributed by atoms with Crippen molar-refractivity contribution in [3.8, 4) is 11.5 Å². The van der Waals surface area contributed by atoms with Crippen LogP contribution in [0.2, 0.25) is 0 Å². The SMILES string of the molecule is C[C@@]1(c2ccccc2)c2ccc(F)cc2OC/C=C/CCC2CN1n1ccc(=O)c(OCc3ccccc3)c1C2=O. The number of nitrogens with zero attached hydrogens (tertiary/aromatic N) is 2. The lowest BCUT2D eigenvalue weighted by molar-refractivity contribution is 0.0860. The van der Waals surface area contributed by atoms with Gasteiger partial charge in [0.05, 0.1) is 0 Å². The molecular formula is C34H31FN2O4. The maximum absolute atomic E-state index is 14.6. The fraction of sp³-hybridized carbons (Fsp3) is 0.235. The van der Waals surface area contributed by atoms with Crippen molar-refractivity contribution in [3.05, 3.63) is 142 Å². The van der Waals surface area contributed by atoms with Gasteiger partial charge in [0.1, 0.15) is 30.3 Å². The van der Waals surface area contributed by atoms with Gasteiger partial charge in [-0.15, -0.1) is 0 Å². The van der Waals surface area contributed by atoms with E-state index in [0.717, 1.165) is 16.7 Å². The smallest absolute Gasteiger partial charge is 0.224 e. The first-order valence-electron chi connectivity index (χ1n) is 13.8. The highest BCUT2D eigenvalue weighted by molar-refractivity contribution is 6.00. The molecule has 2 aliphatic heterocycles. The van der Waals surface area contributed by atoms with Gasteiger partial charge in [0.25, 0.3) is 0 Å². The van der Waals surface area contributed by atoms with Crippen molar-refractivity contribution in [1.29, 1.82) is 0 Å². The average molecular weight is 551 g/mol. The molecule has 4 aromatic rings. The molecule has 6 nitrogen and oxygen atoms in total. The number of ketones is 1. The summed E-state index contributed by atoms with van der Waals surface area (Å²) in [4.78, 5) is 27.3. The molecule has 0 N–H and O–H groups in total. The first-order chi connectivity index (χ1) is 20.0. The van der Waals surface area contributed by atoms with Crippen molar-refractivity contribution in [1.82, 2.24) is 4.68 Å². The number of hydrogen-bond donors (Lipinski definition) is 0. The standard InChI is InChI=1S/C34H31FN2O4/c1-34(26-14-8-3-9-15-26)28-17-16-27(35)21-30(28)40-20-10-4-7-13-25-22-37(34)36-19-18-29(38)33(31(36)32(25)39)41-23-24-11-5-2-6-12-24/h2-6,8-12,14-19,21,25H,7,13,20,22-23H2,1H3/b10-4+/t25?,34-/m1/s1. The van der Waals surface area contributed by atoms with Gasteiger partial charge in [-0.2, -0.15) is 0 Å². The number of carbonyl (C=O) groups is 1. The summed E-state index contributed by atoms with van der Waals surface area (Å²) < 4.78 is 28.6. The molecule has 1 unspecified atom stereocenters. The summed E-state index contributed by atoms with van der Waals surface area (Å²) in [6.07, 6.45) is 6.76. The first kappa shape index (κ1) is 26.6. The lowest BCUT2D eigenvalue weighted by atomic mass is 9.81. The molecule has 0 amide bonds. The van der Waals surface area contributed by atoms with Crippen LogP contribution in [0, 0.1) is 11.7 Å². The Kier molecular flexibility index (Phi) is 7.18. The van der Waals surface area contributed by atoms with Crippen LogP contribution in [-0.2, 0) is 12.1 Å². The van der Waals surface area contributed by atoms with Crippen LogP contribution in [0.25, 0.3) is 0 Å². The maximum Gasteiger partial charge on any atom is 0.224 e. The van der Waals surface area contributed by atoms with E-state index in [0.29, 0.717) is 25.1 Å². The van der Waals surface area contributed by atoms with Gasteiger partial charge >= 0.3 is 0 Å². The van der Waals surface area contributed by atoms with Crippen molar-refractivity contribution >= 4 is 5.78 Å². The second-order valence-corrected chi connectivity index (χ2v) is 10.6. The Morgan fingerprint density at radius 3 is 2.51 bits per heavy atom. The lowest BCUT2D eigenvalue weighted by Gasteiger charge is -2.49. The van der Waals surface area contributed by atoms with Gasteiger partial charge in [0.2, 0.25) is 5.43 Å². The highest BCUT2D eigenvalue weighted by Gasteiger charge is 2.45. The molecule has 2 bridgehead atoms. The number of allylic oxidation sites excluding steroid dienone is 1. The van der Waals surface area contributed by atoms with E-state index in [2.05, 4.69) is 5.01 Å². The second kappa shape index (κ2) is 11.1. The number of fused-ring (bicyclic) bond motifs is 5. The number of hydrogen-bond acceptors (Lipinski definition) is 5. The highest BCUT2D eigenvalue weighted by Crippen LogP contribution is 2.43. The molecule has 3 heterocycles. The van der Waals surface area contributed by atoms with Gasteiger partial charge in [-0.3, -0.25) is 19.3 Å². The Morgan fingerprint density at radius 2 is 1.73 bits per heavy atom. The molecule has 2 atom stereocenters. The molecular weight excluding hydrogens is 519 g/mol. The number of aromatic nitrogens is 1. The van der Waals surface area contributed by atoms with Gasteiger partial charge < -0.3 is 9.47 Å². The van der Waals surface area contributed by atoms with E-state index in [-0.39, 0.29) is 35.9 Å². The van der Waals surface area contributed by atoms with E-state index in [1.807, 2.05) is 79.7 Å². The lowest BCUT2D eigenvalue weighted by Crippen LogP contribution is -2.58. The first-order valence-corrected chi connectivity index (χ1v) is 13.8. The van der Waals surface area contributed by atoms with Crippen molar-refractivity contribution in [3.63, 3.8) is 0 Å². The topological polar surface area (TPSA) is 60.8 Å². The fourth-order valence-corrected chi connectivity index (χ4v) is 5.84. The van der Waals surface area contributed by atoms with Crippen LogP contribution in [0.3, 0.4) is 0 Å². The Labute approximate surface area is 238 Å². The van der Waals surface area contributed by atoms with E-state index in [9.17, 15) is 14.0 Å². The molecule has 6 rings (SSSR count). The molecule has 3 aromatic carbocycles. The molecule has 208 valence electrons. The van der Waals surface area contributed by atoms with Crippen LogP contribution in [0.5, 0.6) is 11.5 Å². The molecule has 0 saturated carbocycles. The minimum atomic E-state index is -0.910. The molecule has 0 spiro atoms. The van der Waals surface area contributed by atoms with E-state index >= 15 is 0 Å². The van der Waals surface area contributed by atoms with Crippen molar-refractivity contribution in [2.24, 2.45) is 5.92 Å². The van der Waals surface area contributed by atoms with Gasteiger partial charge in [0, 0.05) is 36.4 Å². The number of Topliss-reactive ketones (excluding diaryl/α,β-unsaturated/α-hetero) is 1. The molecule has 0 saturated heterocycles. The van der Waals surface area contributed by atoms with Crippen LogP contribution in [-0.4, -0.2) is 23.6 Å². The number of carbonyl (C=O) groups excluding carboxylic acids is 1. The third-order valence-electron chi connectivity index (χ3n) is 8.02. The molecule has 0 aliphatic carbocycles. The Bertz CT molecular complexity index is 1650. The molecule has 2 aliphatic rings. The van der Waals surface area contributed by atoms with Crippen LogP contribution < -0.4 is 19.9 Å². The van der Waals surface area contributed by atoms with Gasteiger partial charge in [0.15, 0.2) is 17.2 Å². The predicted molar refractivity (Wildman–Crippen MR) is 156 cm³/mol. The maximum atomic E-state index is 14.6. The fourth-order valence-electron chi connectivity index (χ4n) is 5.84. The third-order valence-corrected chi connectivity index (χ3v) is 8.02. The van der Waals surface area contributed by atoms with Crippen LogP contribution in [0.1, 0.15) is 46.9 Å². The minimum absolute atomic E-state index is 0.0321. The number of halogens is 1. The van der Waals surface area contributed by atoms with Gasteiger partial charge in [-0.1, -0.05) is 72.8 Å². The van der Waals surface area contributed by atoms with E-state index in [4.69, 9.17) is 9.47 Å².